The number of hydrogen-bond acceptors (Lipinski definition) is 6. The number of phosphoric ester groups is 1. The lowest BCUT2D eigenvalue weighted by Gasteiger charge is -2.24. The second-order valence-electron chi connectivity index (χ2n) is 17.5. The number of quaternary nitrogens is 1. The van der Waals surface area contributed by atoms with Crippen LogP contribution < -0.4 is 0 Å². The fourth-order valence-corrected chi connectivity index (χ4v) is 7.51. The maximum atomic E-state index is 12.7. The minimum atomic E-state index is -4.28. The summed E-state index contributed by atoms with van der Waals surface area (Å²) in [5.74, 6) is -0.325. The molecule has 0 aromatic carbocycles. The van der Waals surface area contributed by atoms with Gasteiger partial charge in [-0.2, -0.15) is 0 Å². The molecule has 2 unspecified atom stereocenters. The molecule has 0 bridgehead atoms. The van der Waals surface area contributed by atoms with E-state index in [4.69, 9.17) is 18.5 Å². The second kappa shape index (κ2) is 41.7. The summed E-state index contributed by atoms with van der Waals surface area (Å²) in [5.41, 5.74) is 0. The summed E-state index contributed by atoms with van der Waals surface area (Å²) in [6.07, 6.45) is 47.9. The molecule has 1 N–H and O–H groups in total. The minimum absolute atomic E-state index is 0.0877. The largest absolute Gasteiger partial charge is 0.472 e. The van der Waals surface area contributed by atoms with Gasteiger partial charge in [0.15, 0.2) is 0 Å². The molecule has 0 aliphatic carbocycles. The Hall–Kier alpha value is -1.02. The zero-order valence-electron chi connectivity index (χ0n) is 38.3. The molecule has 0 aromatic heterocycles. The first-order chi connectivity index (χ1) is 27.6. The number of esters is 1. The Balaban J connectivity index is 4.09. The first-order valence-corrected chi connectivity index (χ1v) is 25.6. The summed E-state index contributed by atoms with van der Waals surface area (Å²) >= 11 is 0. The predicted octanol–water partition coefficient (Wildman–Crippen LogP) is 14.4. The average Bonchev–Trinajstić information content (AvgIpc) is 3.16. The molecule has 57 heavy (non-hydrogen) atoms. The monoisotopic (exact) mass is 829 g/mol. The highest BCUT2D eigenvalue weighted by Gasteiger charge is 2.26. The Bertz CT molecular complexity index is 967. The van der Waals surface area contributed by atoms with Gasteiger partial charge in [-0.15, -0.1) is 0 Å². The summed E-state index contributed by atoms with van der Waals surface area (Å²) in [5, 5.41) is 0. The number of likely N-dealkylation sites (N-methyl/N-ethyl adjacent to an activating group) is 1. The third kappa shape index (κ3) is 45.9. The van der Waals surface area contributed by atoms with Gasteiger partial charge in [-0.1, -0.05) is 199 Å². The van der Waals surface area contributed by atoms with E-state index in [2.05, 4.69) is 38.2 Å². The molecule has 338 valence electrons. The number of unbranched alkanes of at least 4 members (excludes halogenated alkanes) is 27. The van der Waals surface area contributed by atoms with Gasteiger partial charge in [-0.3, -0.25) is 13.8 Å². The lowest BCUT2D eigenvalue weighted by molar-refractivity contribution is -0.870. The molecular weight excluding hydrogens is 734 g/mol. The lowest BCUT2D eigenvalue weighted by atomic mass is 10.0. The van der Waals surface area contributed by atoms with Crippen LogP contribution in [0.3, 0.4) is 0 Å². The Morgan fingerprint density at radius 3 is 1.49 bits per heavy atom. The maximum absolute atomic E-state index is 12.7. The van der Waals surface area contributed by atoms with Gasteiger partial charge in [0, 0.05) is 13.0 Å². The first-order valence-electron chi connectivity index (χ1n) is 24.1. The summed E-state index contributed by atoms with van der Waals surface area (Å²) in [7, 11) is 1.67. The van der Waals surface area contributed by atoms with Crippen molar-refractivity contribution in [1.82, 2.24) is 0 Å². The number of allylic oxidation sites excluding steroid dienone is 4. The van der Waals surface area contributed by atoms with Crippen LogP contribution in [0, 0.1) is 0 Å². The van der Waals surface area contributed by atoms with Crippen molar-refractivity contribution in [2.75, 3.05) is 54.1 Å². The fraction of sp³-hybridized carbons (Fsp3) is 0.896. The molecule has 0 spiro atoms. The van der Waals surface area contributed by atoms with Crippen molar-refractivity contribution < 1.29 is 37.3 Å². The molecule has 0 saturated heterocycles. The number of rotatable bonds is 45. The smallest absolute Gasteiger partial charge is 0.457 e. The van der Waals surface area contributed by atoms with Crippen LogP contribution in [-0.2, 0) is 27.9 Å². The molecule has 0 heterocycles. The Morgan fingerprint density at radius 1 is 0.544 bits per heavy atom. The van der Waals surface area contributed by atoms with E-state index in [0.29, 0.717) is 24.1 Å². The highest BCUT2D eigenvalue weighted by molar-refractivity contribution is 7.47. The van der Waals surface area contributed by atoms with Crippen molar-refractivity contribution in [2.45, 2.75) is 225 Å². The third-order valence-electron chi connectivity index (χ3n) is 10.5. The van der Waals surface area contributed by atoms with E-state index in [-0.39, 0.29) is 25.8 Å². The van der Waals surface area contributed by atoms with Crippen LogP contribution in [0.15, 0.2) is 24.3 Å². The van der Waals surface area contributed by atoms with Crippen LogP contribution >= 0.6 is 7.82 Å². The maximum Gasteiger partial charge on any atom is 0.472 e. The summed E-state index contributed by atoms with van der Waals surface area (Å²) in [6, 6.07) is 0. The van der Waals surface area contributed by atoms with Gasteiger partial charge in [-0.25, -0.2) is 4.57 Å². The number of carbonyl (C=O) groups excluding carboxylic acids is 1. The quantitative estimate of drug-likeness (QED) is 0.0215. The number of hydrogen-bond donors (Lipinski definition) is 1. The summed E-state index contributed by atoms with van der Waals surface area (Å²) < 4.78 is 35.0. The zero-order chi connectivity index (χ0) is 42.0. The van der Waals surface area contributed by atoms with Gasteiger partial charge in [0.05, 0.1) is 34.4 Å². The van der Waals surface area contributed by atoms with Crippen molar-refractivity contribution in [1.29, 1.82) is 0 Å². The first kappa shape index (κ1) is 56.0. The normalized spacial score (nSPS) is 13.9. The lowest BCUT2D eigenvalue weighted by Crippen LogP contribution is -2.37. The van der Waals surface area contributed by atoms with E-state index >= 15 is 0 Å². The Labute approximate surface area is 353 Å². The van der Waals surface area contributed by atoms with Crippen molar-refractivity contribution in [3.05, 3.63) is 24.3 Å². The number of ether oxygens (including phenoxy) is 2. The van der Waals surface area contributed by atoms with Crippen molar-refractivity contribution >= 4 is 13.8 Å². The number of nitrogens with zero attached hydrogens (tertiary/aromatic N) is 1. The van der Waals surface area contributed by atoms with Crippen molar-refractivity contribution in [2.24, 2.45) is 0 Å². The number of phosphoric acid groups is 1. The van der Waals surface area contributed by atoms with Crippen LogP contribution in [0.1, 0.15) is 219 Å². The number of carbonyl (C=O) groups is 1. The molecule has 9 heteroatoms. The molecule has 2 atom stereocenters. The molecule has 0 saturated carbocycles. The molecule has 8 nitrogen and oxygen atoms in total. The van der Waals surface area contributed by atoms with E-state index in [1.54, 1.807) is 0 Å². The van der Waals surface area contributed by atoms with E-state index < -0.39 is 13.9 Å². The Morgan fingerprint density at radius 2 is 1.00 bits per heavy atom. The van der Waals surface area contributed by atoms with Crippen LogP contribution in [0.2, 0.25) is 0 Å². The second-order valence-corrected chi connectivity index (χ2v) is 19.0. The standard InChI is InChI=1S/C48H94NO7P/c1-6-8-10-12-14-16-18-20-21-22-23-24-25-26-27-28-30-32-34-36-38-40-43-53-45-47(46-55-57(51,52)54-44-42-49(3,4)5)56-48(50)41-39-37-35-33-31-29-19-17-15-13-11-9-7-2/h11,13,17,19,47H,6-10,12,14-16,18,20-46H2,1-5H3/p+1/b13-11-,19-17-. The van der Waals surface area contributed by atoms with E-state index in [9.17, 15) is 14.3 Å². The van der Waals surface area contributed by atoms with E-state index in [0.717, 1.165) is 64.2 Å². The average molecular weight is 829 g/mol. The molecule has 0 radical (unpaired) electrons. The van der Waals surface area contributed by atoms with E-state index in [1.165, 1.54) is 135 Å². The van der Waals surface area contributed by atoms with Gasteiger partial charge < -0.3 is 18.9 Å². The molecule has 0 aliphatic rings. The zero-order valence-corrected chi connectivity index (χ0v) is 39.2. The van der Waals surface area contributed by atoms with Crippen LogP contribution in [0.5, 0.6) is 0 Å². The van der Waals surface area contributed by atoms with Crippen molar-refractivity contribution in [3.8, 4) is 0 Å². The molecule has 0 rings (SSSR count). The molecule has 0 aromatic rings. The van der Waals surface area contributed by atoms with Gasteiger partial charge in [0.2, 0.25) is 0 Å². The van der Waals surface area contributed by atoms with Crippen LogP contribution in [0.25, 0.3) is 0 Å². The predicted molar refractivity (Wildman–Crippen MR) is 243 cm³/mol. The highest BCUT2D eigenvalue weighted by atomic mass is 31.2. The fourth-order valence-electron chi connectivity index (χ4n) is 6.77. The topological polar surface area (TPSA) is 91.3 Å². The summed E-state index contributed by atoms with van der Waals surface area (Å²) in [4.78, 5) is 22.9. The minimum Gasteiger partial charge on any atom is -0.457 e. The van der Waals surface area contributed by atoms with Gasteiger partial charge in [0.1, 0.15) is 19.3 Å². The van der Waals surface area contributed by atoms with Crippen molar-refractivity contribution in [3.63, 3.8) is 0 Å². The molecular formula is C48H95NO7P+. The van der Waals surface area contributed by atoms with Gasteiger partial charge in [-0.05, 0) is 38.5 Å². The van der Waals surface area contributed by atoms with Gasteiger partial charge >= 0.3 is 13.8 Å². The SMILES string of the molecule is CCC/C=C\C/C=C\CCCCCCCC(=O)OC(COCCCCCCCCCCCCCCCCCCCCCCCC)COP(=O)(O)OCC[N+](C)(C)C. The van der Waals surface area contributed by atoms with Crippen LogP contribution in [0.4, 0.5) is 0 Å². The molecule has 0 fully saturated rings. The van der Waals surface area contributed by atoms with Gasteiger partial charge in [0.25, 0.3) is 0 Å². The van der Waals surface area contributed by atoms with Crippen LogP contribution in [-0.4, -0.2) is 75.6 Å². The third-order valence-corrected chi connectivity index (χ3v) is 11.5. The summed E-state index contributed by atoms with van der Waals surface area (Å²) in [6.45, 7) is 5.58. The van der Waals surface area contributed by atoms with E-state index in [1.807, 2.05) is 21.1 Å². The Kier molecular flexibility index (Phi) is 41.0. The molecule has 0 amide bonds. The highest BCUT2D eigenvalue weighted by Crippen LogP contribution is 2.43. The molecule has 0 aliphatic heterocycles.